The Balaban J connectivity index is 0. The molecule has 0 aliphatic rings. The lowest BCUT2D eigenvalue weighted by Crippen LogP contribution is -2.27. The van der Waals surface area contributed by atoms with Crippen LogP contribution in [-0.2, 0) is 74.8 Å². The molecule has 0 radical (unpaired) electrons. The highest BCUT2D eigenvalue weighted by molar-refractivity contribution is 5.66. The molecule has 0 saturated carbocycles. The molecule has 3 aromatic rings. The molecule has 0 atom stereocenters. The van der Waals surface area contributed by atoms with Crippen molar-refractivity contribution in [1.82, 2.24) is 0 Å². The lowest BCUT2D eigenvalue weighted by molar-refractivity contribution is -0.175. The minimum absolute atomic E-state index is 0.481. The molecule has 424 valence electrons. The van der Waals surface area contributed by atoms with Crippen molar-refractivity contribution in [3.8, 4) is 54.6 Å². The normalized spacial score (nSPS) is 11.8. The zero-order chi connectivity index (χ0) is 63.4. The van der Waals surface area contributed by atoms with E-state index in [1.165, 1.54) is 0 Å². The maximum atomic E-state index is 13.1. The van der Waals surface area contributed by atoms with Gasteiger partial charge in [-0.15, -0.1) is 0 Å². The molecule has 0 aliphatic heterocycles. The van der Waals surface area contributed by atoms with Gasteiger partial charge in [0.05, 0.1) is 121 Å². The van der Waals surface area contributed by atoms with E-state index in [4.69, 9.17) is 47.4 Å². The van der Waals surface area contributed by atoms with E-state index in [0.717, 1.165) is 42.5 Å². The Morgan fingerprint density at radius 3 is 0.506 bits per heavy atom. The van der Waals surface area contributed by atoms with Crippen LogP contribution in [0.4, 0.5) is 119 Å². The molecule has 0 spiro atoms. The van der Waals surface area contributed by atoms with Crippen molar-refractivity contribution in [2.75, 3.05) is 0 Å². The van der Waals surface area contributed by atoms with Gasteiger partial charge in [-0.05, 0) is 5.56 Å². The number of nitrogens with zero attached hydrogens (tertiary/aromatic N) is 9. The Labute approximate surface area is 423 Å². The summed E-state index contributed by atoms with van der Waals surface area (Å²) in [5.74, 6) is 0. The largest absolute Gasteiger partial charge is 0.418 e. The van der Waals surface area contributed by atoms with E-state index in [2.05, 4.69) is 0 Å². The smallest absolute Gasteiger partial charge is 0.198 e. The minimum atomic E-state index is -6.17. The zero-order valence-corrected chi connectivity index (χ0v) is 38.4. The van der Waals surface area contributed by atoms with Crippen LogP contribution in [0, 0.1) is 102 Å². The Bertz CT molecular complexity index is 2900. The molecular weight excluding hydrogens is 1160 g/mol. The first-order chi connectivity index (χ1) is 35.6. The van der Waals surface area contributed by atoms with Gasteiger partial charge in [-0.1, -0.05) is 27.7 Å². The summed E-state index contributed by atoms with van der Waals surface area (Å²) in [7, 11) is 0. The number of hydrogen-bond acceptors (Lipinski definition) is 9. The first-order valence-electron chi connectivity index (χ1n) is 19.5. The SMILES string of the molecule is CC.CC.N#CCc1c(C#N)c(C(F)(F)F)c(C(F)(F)F)c(C#N)c1C(F)(F)F.N#CCc1c(C#N)c(C(F)(F)F)c(C(F)(F)F)c(C(F)(F)F)c1C#N.N#CCc1c(C#N)c(C(F)(F)F)c(C(F)(F)F)c(C(F)(F)F)c1C#N. The second kappa shape index (κ2) is 26.0. The number of halogens is 27. The molecule has 0 unspecified atom stereocenters. The third-order valence-corrected chi connectivity index (χ3v) is 8.80. The van der Waals surface area contributed by atoms with Gasteiger partial charge in [-0.25, -0.2) is 0 Å². The number of nitriles is 9. The van der Waals surface area contributed by atoms with Crippen LogP contribution in [0.15, 0.2) is 0 Å². The van der Waals surface area contributed by atoms with E-state index in [1.54, 1.807) is 0 Å². The fourth-order valence-electron chi connectivity index (χ4n) is 6.48. The summed E-state index contributed by atoms with van der Waals surface area (Å²) < 4.78 is 353. The predicted molar refractivity (Wildman–Crippen MR) is 203 cm³/mol. The van der Waals surface area contributed by atoms with Crippen LogP contribution in [0.1, 0.15) is 128 Å². The monoisotopic (exact) mass is 1170 g/mol. The van der Waals surface area contributed by atoms with E-state index in [-0.39, 0.29) is 0 Å². The fraction of sp³-hybridized carbons (Fsp3) is 0.372. The summed E-state index contributed by atoms with van der Waals surface area (Å²) in [5.41, 5.74) is -41.9. The molecule has 0 aromatic heterocycles. The van der Waals surface area contributed by atoms with E-state index in [0.29, 0.717) is 12.1 Å². The van der Waals surface area contributed by atoms with E-state index in [1.807, 2.05) is 27.7 Å². The van der Waals surface area contributed by atoms with Crippen molar-refractivity contribution in [2.45, 2.75) is 103 Å². The van der Waals surface area contributed by atoms with Gasteiger partial charge in [0.15, 0.2) is 0 Å². The van der Waals surface area contributed by atoms with Crippen molar-refractivity contribution in [1.29, 1.82) is 47.4 Å². The lowest BCUT2D eigenvalue weighted by atomic mass is 9.85. The topological polar surface area (TPSA) is 214 Å². The van der Waals surface area contributed by atoms with Gasteiger partial charge >= 0.3 is 55.6 Å². The van der Waals surface area contributed by atoms with Crippen LogP contribution >= 0.6 is 0 Å². The lowest BCUT2D eigenvalue weighted by Gasteiger charge is -2.24. The van der Waals surface area contributed by atoms with Gasteiger partial charge in [0.25, 0.3) is 0 Å². The van der Waals surface area contributed by atoms with Crippen molar-refractivity contribution >= 4 is 0 Å². The minimum Gasteiger partial charge on any atom is -0.198 e. The molecule has 0 fully saturated rings. The third-order valence-electron chi connectivity index (χ3n) is 8.80. The maximum Gasteiger partial charge on any atom is 0.418 e. The van der Waals surface area contributed by atoms with Crippen LogP contribution in [0.2, 0.25) is 0 Å². The first kappa shape index (κ1) is 72.3. The highest BCUT2D eigenvalue weighted by atomic mass is 19.4. The molecule has 79 heavy (non-hydrogen) atoms. The number of benzene rings is 3. The van der Waals surface area contributed by atoms with Crippen molar-refractivity contribution in [2.24, 2.45) is 0 Å². The first-order valence-corrected chi connectivity index (χ1v) is 19.5. The summed E-state index contributed by atoms with van der Waals surface area (Å²) in [6.45, 7) is 8.00. The van der Waals surface area contributed by atoms with Gasteiger partial charge < -0.3 is 0 Å². The molecule has 3 rings (SSSR count). The van der Waals surface area contributed by atoms with Crippen LogP contribution < -0.4 is 0 Å². The van der Waals surface area contributed by atoms with Gasteiger partial charge in [0, 0.05) is 11.1 Å². The van der Waals surface area contributed by atoms with Gasteiger partial charge in [-0.2, -0.15) is 166 Å². The second-order valence-electron chi connectivity index (χ2n) is 13.2. The quantitative estimate of drug-likeness (QED) is 0.228. The standard InChI is InChI=1S/3C13H2F9N3.2C2H6/c14-11(15,16)8-5(1-2-23)6(3-24)9(12(17,18)19)10(7(8)4-25)13(20,21)22;2*14-11(15,16)8-6(3-24)5(1-2-23)7(4-25)9(12(17,18)19)10(8)13(20,21)22;2*1-2/h3*1H2;2*1-2H3. The Kier molecular flexibility index (Phi) is 23.8. The molecule has 0 saturated heterocycles. The molecule has 0 bridgehead atoms. The van der Waals surface area contributed by atoms with Crippen molar-refractivity contribution in [3.05, 3.63) is 100 Å². The molecule has 9 nitrogen and oxygen atoms in total. The molecule has 0 aliphatic carbocycles. The van der Waals surface area contributed by atoms with E-state index >= 15 is 0 Å². The average molecular weight is 1170 g/mol. The molecule has 3 aromatic carbocycles. The molecular formula is C43H18F27N9. The van der Waals surface area contributed by atoms with Crippen LogP contribution in [0.25, 0.3) is 0 Å². The number of rotatable bonds is 3. The van der Waals surface area contributed by atoms with E-state index < -0.39 is 175 Å². The summed E-state index contributed by atoms with van der Waals surface area (Å²) in [4.78, 5) is 0. The summed E-state index contributed by atoms with van der Waals surface area (Å²) in [6, 6.07) is 7.37. The van der Waals surface area contributed by atoms with Crippen molar-refractivity contribution in [3.63, 3.8) is 0 Å². The van der Waals surface area contributed by atoms with Crippen LogP contribution in [-0.4, -0.2) is 0 Å². The zero-order valence-electron chi connectivity index (χ0n) is 38.4. The average Bonchev–Trinajstić information content (AvgIpc) is 3.28. The third kappa shape index (κ3) is 16.4. The van der Waals surface area contributed by atoms with E-state index in [9.17, 15) is 119 Å². The molecule has 0 heterocycles. The molecule has 0 N–H and O–H groups in total. The Hall–Kier alpha value is -8.82. The van der Waals surface area contributed by atoms with Gasteiger partial charge in [-0.3, -0.25) is 0 Å². The van der Waals surface area contributed by atoms with Gasteiger partial charge in [0.1, 0.15) is 36.4 Å². The number of hydrogen-bond donors (Lipinski definition) is 0. The second-order valence-corrected chi connectivity index (χ2v) is 13.2. The van der Waals surface area contributed by atoms with Crippen LogP contribution in [0.5, 0.6) is 0 Å². The summed E-state index contributed by atoms with van der Waals surface area (Å²) in [5, 5.41) is 78.1. The van der Waals surface area contributed by atoms with Crippen LogP contribution in [0.3, 0.4) is 0 Å². The summed E-state index contributed by atoms with van der Waals surface area (Å²) in [6.07, 6.45) is -57.9. The highest BCUT2D eigenvalue weighted by Gasteiger charge is 2.57. The maximum absolute atomic E-state index is 13.1. The Morgan fingerprint density at radius 2 is 0.354 bits per heavy atom. The molecule has 0 amide bonds. The highest BCUT2D eigenvalue weighted by Crippen LogP contribution is 2.53. The Morgan fingerprint density at radius 1 is 0.215 bits per heavy atom. The fourth-order valence-corrected chi connectivity index (χ4v) is 6.48. The molecule has 36 heteroatoms. The van der Waals surface area contributed by atoms with Crippen molar-refractivity contribution < 1.29 is 119 Å². The predicted octanol–water partition coefficient (Wildman–Crippen LogP) is 15.7. The number of alkyl halides is 27. The summed E-state index contributed by atoms with van der Waals surface area (Å²) >= 11 is 0. The van der Waals surface area contributed by atoms with Gasteiger partial charge in [0.2, 0.25) is 0 Å².